The van der Waals surface area contributed by atoms with Gasteiger partial charge in [0.25, 0.3) is 15.0 Å². The molecule has 0 spiro atoms. The molecule has 0 saturated carbocycles. The normalized spacial score (nSPS) is 11.4. The van der Waals surface area contributed by atoms with E-state index in [0.29, 0.717) is 16.6 Å². The van der Waals surface area contributed by atoms with Gasteiger partial charge in [-0.15, -0.1) is 0 Å². The first-order chi connectivity index (χ1) is 9.27. The zero-order valence-electron chi connectivity index (χ0n) is 11.4. The van der Waals surface area contributed by atoms with E-state index in [0.717, 1.165) is 19.3 Å². The maximum atomic E-state index is 12.2. The predicted molar refractivity (Wildman–Crippen MR) is 83.7 cm³/mol. The summed E-state index contributed by atoms with van der Waals surface area (Å²) in [7, 11) is 3.16. The first kappa shape index (κ1) is 17.5. The molecule has 0 N–H and O–H groups in total. The number of benzene rings is 1. The Morgan fingerprint density at radius 3 is 2.55 bits per heavy atom. The molecule has 4 nitrogen and oxygen atoms in total. The number of carbonyl (C=O) groups excluding carboxylic acids is 1. The summed E-state index contributed by atoms with van der Waals surface area (Å²) in [6.45, 7) is 2.74. The second-order valence-corrected chi connectivity index (χ2v) is 7.91. The van der Waals surface area contributed by atoms with Crippen molar-refractivity contribution < 1.29 is 13.2 Å². The lowest BCUT2D eigenvalue weighted by molar-refractivity contribution is 0.0792. The average molecular weight is 383 g/mol. The molecule has 0 unspecified atom stereocenters. The van der Waals surface area contributed by atoms with Crippen LogP contribution < -0.4 is 0 Å². The van der Waals surface area contributed by atoms with Crippen LogP contribution in [0.4, 0.5) is 0 Å². The maximum absolute atomic E-state index is 12.2. The highest BCUT2D eigenvalue weighted by atomic mass is 79.9. The number of halogens is 2. The summed E-state index contributed by atoms with van der Waals surface area (Å²) in [5, 5.41) is 0. The first-order valence-electron chi connectivity index (χ1n) is 6.27. The molecule has 112 valence electrons. The number of rotatable bonds is 6. The molecule has 0 atom stereocenters. The van der Waals surface area contributed by atoms with Gasteiger partial charge in [-0.05, 0) is 40.5 Å². The highest BCUT2D eigenvalue weighted by Crippen LogP contribution is 2.26. The minimum absolute atomic E-state index is 0.0908. The van der Waals surface area contributed by atoms with E-state index in [1.54, 1.807) is 18.0 Å². The van der Waals surface area contributed by atoms with E-state index in [4.69, 9.17) is 10.7 Å². The molecule has 0 fully saturated rings. The Morgan fingerprint density at radius 2 is 2.00 bits per heavy atom. The molecule has 0 bridgehead atoms. The first-order valence-corrected chi connectivity index (χ1v) is 9.37. The molecule has 0 heterocycles. The van der Waals surface area contributed by atoms with Crippen molar-refractivity contribution in [2.45, 2.75) is 31.1 Å². The second-order valence-electron chi connectivity index (χ2n) is 4.52. The lowest BCUT2D eigenvalue weighted by Gasteiger charge is -2.17. The van der Waals surface area contributed by atoms with E-state index in [1.165, 1.54) is 12.1 Å². The van der Waals surface area contributed by atoms with Crippen molar-refractivity contribution in [3.63, 3.8) is 0 Å². The van der Waals surface area contributed by atoms with Gasteiger partial charge in [-0.3, -0.25) is 4.79 Å². The van der Waals surface area contributed by atoms with E-state index in [1.807, 2.05) is 0 Å². The van der Waals surface area contributed by atoms with Crippen LogP contribution >= 0.6 is 26.6 Å². The van der Waals surface area contributed by atoms with Crippen LogP contribution in [0.1, 0.15) is 36.5 Å². The van der Waals surface area contributed by atoms with Crippen molar-refractivity contribution in [3.05, 3.63) is 28.2 Å². The number of amides is 1. The Labute approximate surface area is 132 Å². The second kappa shape index (κ2) is 7.43. The molecular formula is C13H17BrClNO3S. The molecule has 0 aliphatic rings. The number of hydrogen-bond donors (Lipinski definition) is 0. The van der Waals surface area contributed by atoms with Gasteiger partial charge in [0, 0.05) is 34.3 Å². The van der Waals surface area contributed by atoms with E-state index < -0.39 is 9.05 Å². The third-order valence-electron chi connectivity index (χ3n) is 2.88. The van der Waals surface area contributed by atoms with Crippen LogP contribution in [0.15, 0.2) is 27.6 Å². The minimum atomic E-state index is -3.88. The minimum Gasteiger partial charge on any atom is -0.342 e. The van der Waals surface area contributed by atoms with Crippen molar-refractivity contribution in [1.29, 1.82) is 0 Å². The topological polar surface area (TPSA) is 54.5 Å². The molecule has 0 aromatic heterocycles. The lowest BCUT2D eigenvalue weighted by atomic mass is 10.2. The monoisotopic (exact) mass is 381 g/mol. The number of nitrogens with zero attached hydrogens (tertiary/aromatic N) is 1. The fourth-order valence-electron chi connectivity index (χ4n) is 1.74. The highest BCUT2D eigenvalue weighted by Gasteiger charge is 2.19. The Hall–Kier alpha value is -0.590. The number of unbranched alkanes of at least 4 members (excludes halogenated alkanes) is 2. The Balaban J connectivity index is 2.94. The molecule has 1 rings (SSSR count). The summed E-state index contributed by atoms with van der Waals surface area (Å²) >= 11 is 3.12. The summed E-state index contributed by atoms with van der Waals surface area (Å²) in [5.74, 6) is -0.213. The van der Waals surface area contributed by atoms with Gasteiger partial charge in [0.2, 0.25) is 0 Å². The summed E-state index contributed by atoms with van der Waals surface area (Å²) in [5.41, 5.74) is 0.312. The van der Waals surface area contributed by atoms with Gasteiger partial charge in [-0.25, -0.2) is 8.42 Å². The van der Waals surface area contributed by atoms with Crippen molar-refractivity contribution in [2.75, 3.05) is 13.6 Å². The fraction of sp³-hybridized carbons (Fsp3) is 0.462. The molecule has 0 radical (unpaired) electrons. The van der Waals surface area contributed by atoms with Gasteiger partial charge in [0.1, 0.15) is 0 Å². The Kier molecular flexibility index (Phi) is 6.48. The van der Waals surface area contributed by atoms with Crippen LogP contribution in [0, 0.1) is 0 Å². The zero-order chi connectivity index (χ0) is 15.3. The van der Waals surface area contributed by atoms with E-state index in [2.05, 4.69) is 22.9 Å². The molecule has 0 aliphatic carbocycles. The van der Waals surface area contributed by atoms with E-state index >= 15 is 0 Å². The Morgan fingerprint density at radius 1 is 1.35 bits per heavy atom. The van der Waals surface area contributed by atoms with Gasteiger partial charge < -0.3 is 4.90 Å². The Bertz CT molecular complexity index is 589. The predicted octanol–water partition coefficient (Wildman–Crippen LogP) is 3.64. The highest BCUT2D eigenvalue weighted by molar-refractivity contribution is 9.10. The molecule has 7 heteroatoms. The van der Waals surface area contributed by atoms with Crippen LogP contribution in [-0.4, -0.2) is 32.8 Å². The third kappa shape index (κ3) is 4.75. The average Bonchev–Trinajstić information content (AvgIpc) is 2.37. The van der Waals surface area contributed by atoms with Crippen LogP contribution in [-0.2, 0) is 9.05 Å². The number of carbonyl (C=O) groups is 1. The van der Waals surface area contributed by atoms with E-state index in [-0.39, 0.29) is 10.8 Å². The van der Waals surface area contributed by atoms with E-state index in [9.17, 15) is 13.2 Å². The summed E-state index contributed by atoms with van der Waals surface area (Å²) in [6.07, 6.45) is 3.06. The van der Waals surface area contributed by atoms with Gasteiger partial charge in [0.15, 0.2) is 0 Å². The SMILES string of the molecule is CCCCCN(C)C(=O)c1ccc(Br)c(S(=O)(=O)Cl)c1. The van der Waals surface area contributed by atoms with Crippen molar-refractivity contribution in [1.82, 2.24) is 4.90 Å². The molecule has 0 aliphatic heterocycles. The summed E-state index contributed by atoms with van der Waals surface area (Å²) < 4.78 is 23.2. The van der Waals surface area contributed by atoms with Crippen LogP contribution in [0.2, 0.25) is 0 Å². The molecule has 20 heavy (non-hydrogen) atoms. The standard InChI is InChI=1S/C13H17BrClNO3S/c1-3-4-5-8-16(2)13(17)10-6-7-11(14)12(9-10)20(15,18)19/h6-7,9H,3-5,8H2,1-2H3. The molecule has 1 aromatic rings. The molecule has 0 saturated heterocycles. The molecule has 1 aromatic carbocycles. The van der Waals surface area contributed by atoms with Gasteiger partial charge in [0.05, 0.1) is 4.90 Å². The van der Waals surface area contributed by atoms with Gasteiger partial charge in [-0.1, -0.05) is 19.8 Å². The van der Waals surface area contributed by atoms with Gasteiger partial charge in [-0.2, -0.15) is 0 Å². The molecule has 1 amide bonds. The summed E-state index contributed by atoms with van der Waals surface area (Å²) in [4.78, 5) is 13.7. The fourth-order valence-corrected chi connectivity index (χ4v) is 3.86. The third-order valence-corrected chi connectivity index (χ3v) is 5.20. The maximum Gasteiger partial charge on any atom is 0.262 e. The van der Waals surface area contributed by atoms with Crippen LogP contribution in [0.25, 0.3) is 0 Å². The van der Waals surface area contributed by atoms with Crippen molar-refractivity contribution in [2.24, 2.45) is 0 Å². The molecular weight excluding hydrogens is 366 g/mol. The smallest absolute Gasteiger partial charge is 0.262 e. The largest absolute Gasteiger partial charge is 0.342 e. The quantitative estimate of drug-likeness (QED) is 0.557. The van der Waals surface area contributed by atoms with Gasteiger partial charge >= 0.3 is 0 Å². The zero-order valence-corrected chi connectivity index (χ0v) is 14.6. The number of hydrogen-bond acceptors (Lipinski definition) is 3. The van der Waals surface area contributed by atoms with Crippen LogP contribution in [0.3, 0.4) is 0 Å². The van der Waals surface area contributed by atoms with Crippen LogP contribution in [0.5, 0.6) is 0 Å². The summed E-state index contributed by atoms with van der Waals surface area (Å²) in [6, 6.07) is 4.39. The van der Waals surface area contributed by atoms with Crippen molar-refractivity contribution in [3.8, 4) is 0 Å². The van der Waals surface area contributed by atoms with Crippen molar-refractivity contribution >= 4 is 41.6 Å². The lowest BCUT2D eigenvalue weighted by Crippen LogP contribution is -2.27.